The van der Waals surface area contributed by atoms with Crippen LogP contribution in [0.1, 0.15) is 19.8 Å². The Labute approximate surface area is 59.9 Å². The van der Waals surface area contributed by atoms with Crippen molar-refractivity contribution < 1.29 is 4.18 Å². The number of hydrogen-bond donors (Lipinski definition) is 0. The third-order valence-corrected chi connectivity index (χ3v) is 1.87. The van der Waals surface area contributed by atoms with Gasteiger partial charge in [-0.05, 0) is 13.3 Å². The van der Waals surface area contributed by atoms with Gasteiger partial charge < -0.3 is 4.18 Å². The summed E-state index contributed by atoms with van der Waals surface area (Å²) in [6, 6.07) is 0. The molecule has 0 aromatic carbocycles. The van der Waals surface area contributed by atoms with Crippen molar-refractivity contribution in [1.29, 1.82) is 0 Å². The van der Waals surface area contributed by atoms with Crippen LogP contribution >= 0.6 is 12.0 Å². The zero-order chi connectivity index (χ0) is 6.53. The average Bonchev–Trinajstić information content (AvgIpc) is 1.91. The SMILES string of the molecule is CCN=C1CCCSO1. The molecule has 1 saturated heterocycles. The van der Waals surface area contributed by atoms with Gasteiger partial charge in [-0.2, -0.15) is 0 Å². The molecule has 2 nitrogen and oxygen atoms in total. The lowest BCUT2D eigenvalue weighted by atomic mass is 10.3. The molecule has 0 amide bonds. The van der Waals surface area contributed by atoms with Crippen molar-refractivity contribution in [3.63, 3.8) is 0 Å². The van der Waals surface area contributed by atoms with Crippen molar-refractivity contribution in [2.24, 2.45) is 4.99 Å². The molecule has 1 rings (SSSR count). The third kappa shape index (κ3) is 2.26. The fourth-order valence-electron chi connectivity index (χ4n) is 0.715. The molecule has 0 atom stereocenters. The van der Waals surface area contributed by atoms with Gasteiger partial charge in [0.2, 0.25) is 0 Å². The van der Waals surface area contributed by atoms with Crippen LogP contribution in [-0.2, 0) is 4.18 Å². The number of nitrogens with zero attached hydrogens (tertiary/aromatic N) is 1. The van der Waals surface area contributed by atoms with Gasteiger partial charge in [0.1, 0.15) is 0 Å². The Balaban J connectivity index is 2.30. The minimum absolute atomic E-state index is 0.843. The quantitative estimate of drug-likeness (QED) is 0.525. The van der Waals surface area contributed by atoms with E-state index in [1.807, 2.05) is 6.92 Å². The van der Waals surface area contributed by atoms with Gasteiger partial charge in [-0.1, -0.05) is 0 Å². The first-order chi connectivity index (χ1) is 4.43. The van der Waals surface area contributed by atoms with E-state index in [4.69, 9.17) is 4.18 Å². The molecule has 0 spiro atoms. The van der Waals surface area contributed by atoms with Crippen molar-refractivity contribution in [2.75, 3.05) is 12.3 Å². The molecule has 3 heteroatoms. The van der Waals surface area contributed by atoms with Crippen LogP contribution in [0, 0.1) is 0 Å². The maximum atomic E-state index is 5.18. The fraction of sp³-hybridized carbons (Fsp3) is 0.833. The Morgan fingerprint density at radius 3 is 3.22 bits per heavy atom. The number of hydrogen-bond acceptors (Lipinski definition) is 3. The van der Waals surface area contributed by atoms with E-state index in [1.54, 1.807) is 0 Å². The van der Waals surface area contributed by atoms with E-state index in [1.165, 1.54) is 18.5 Å². The van der Waals surface area contributed by atoms with Crippen molar-refractivity contribution in [3.8, 4) is 0 Å². The normalized spacial score (nSPS) is 23.9. The number of aliphatic imine (C=N–C) groups is 1. The zero-order valence-corrected chi connectivity index (χ0v) is 6.41. The maximum absolute atomic E-state index is 5.18. The van der Waals surface area contributed by atoms with Crippen LogP contribution in [-0.4, -0.2) is 18.2 Å². The molecule has 1 heterocycles. The summed E-state index contributed by atoms with van der Waals surface area (Å²) in [7, 11) is 0. The average molecular weight is 145 g/mol. The van der Waals surface area contributed by atoms with Crippen molar-refractivity contribution in [1.82, 2.24) is 0 Å². The molecule has 9 heavy (non-hydrogen) atoms. The lowest BCUT2D eigenvalue weighted by Crippen LogP contribution is -2.06. The van der Waals surface area contributed by atoms with Crippen LogP contribution in [0.2, 0.25) is 0 Å². The van der Waals surface area contributed by atoms with E-state index < -0.39 is 0 Å². The molecule has 1 aliphatic heterocycles. The standard InChI is InChI=1S/C6H11NOS/c1-2-7-6-4-3-5-9-8-6/h2-5H2,1H3. The molecular weight excluding hydrogens is 134 g/mol. The molecule has 0 radical (unpaired) electrons. The van der Waals surface area contributed by atoms with Crippen molar-refractivity contribution >= 4 is 17.9 Å². The Morgan fingerprint density at radius 1 is 1.78 bits per heavy atom. The first kappa shape index (κ1) is 6.93. The topological polar surface area (TPSA) is 21.6 Å². The summed E-state index contributed by atoms with van der Waals surface area (Å²) in [5.74, 6) is 2.04. The summed E-state index contributed by atoms with van der Waals surface area (Å²) in [4.78, 5) is 4.16. The first-order valence-corrected chi connectivity index (χ1v) is 4.17. The number of rotatable bonds is 1. The van der Waals surface area contributed by atoms with Crippen LogP contribution in [0.3, 0.4) is 0 Å². The van der Waals surface area contributed by atoms with E-state index in [-0.39, 0.29) is 0 Å². The highest BCUT2D eigenvalue weighted by molar-refractivity contribution is 7.95. The van der Waals surface area contributed by atoms with Gasteiger partial charge in [-0.3, -0.25) is 4.99 Å². The summed E-state index contributed by atoms with van der Waals surface area (Å²) >= 11 is 1.51. The van der Waals surface area contributed by atoms with Gasteiger partial charge in [-0.15, -0.1) is 0 Å². The molecule has 0 aliphatic carbocycles. The maximum Gasteiger partial charge on any atom is 0.199 e. The Hall–Kier alpha value is -0.180. The smallest absolute Gasteiger partial charge is 0.199 e. The van der Waals surface area contributed by atoms with E-state index >= 15 is 0 Å². The first-order valence-electron chi connectivity index (χ1n) is 3.26. The highest BCUT2D eigenvalue weighted by Crippen LogP contribution is 2.16. The van der Waals surface area contributed by atoms with Crippen molar-refractivity contribution in [2.45, 2.75) is 19.8 Å². The lowest BCUT2D eigenvalue weighted by Gasteiger charge is -2.11. The van der Waals surface area contributed by atoms with Crippen LogP contribution in [0.15, 0.2) is 4.99 Å². The summed E-state index contributed by atoms with van der Waals surface area (Å²) in [5, 5.41) is 0. The van der Waals surface area contributed by atoms with Gasteiger partial charge in [0.15, 0.2) is 5.90 Å². The predicted molar refractivity (Wildman–Crippen MR) is 40.8 cm³/mol. The Kier molecular flexibility index (Phi) is 2.91. The van der Waals surface area contributed by atoms with E-state index in [0.29, 0.717) is 0 Å². The van der Waals surface area contributed by atoms with Gasteiger partial charge in [0, 0.05) is 18.7 Å². The molecule has 0 bridgehead atoms. The molecule has 0 unspecified atom stereocenters. The van der Waals surface area contributed by atoms with Crippen LogP contribution in [0.4, 0.5) is 0 Å². The highest BCUT2D eigenvalue weighted by Gasteiger charge is 2.06. The summed E-state index contributed by atoms with van der Waals surface area (Å²) < 4.78 is 5.18. The summed E-state index contributed by atoms with van der Waals surface area (Å²) in [6.07, 6.45) is 2.24. The Bertz CT molecular complexity index is 106. The molecule has 0 aromatic rings. The predicted octanol–water partition coefficient (Wildman–Crippen LogP) is 1.86. The second-order valence-electron chi connectivity index (χ2n) is 1.88. The van der Waals surface area contributed by atoms with Crippen LogP contribution in [0.25, 0.3) is 0 Å². The second kappa shape index (κ2) is 3.77. The molecule has 52 valence electrons. The molecule has 0 N–H and O–H groups in total. The van der Waals surface area contributed by atoms with Crippen LogP contribution < -0.4 is 0 Å². The molecule has 0 saturated carbocycles. The minimum Gasteiger partial charge on any atom is -0.411 e. The van der Waals surface area contributed by atoms with Gasteiger partial charge in [0.25, 0.3) is 0 Å². The lowest BCUT2D eigenvalue weighted by molar-refractivity contribution is 0.588. The second-order valence-corrected chi connectivity index (χ2v) is 2.69. The van der Waals surface area contributed by atoms with Gasteiger partial charge >= 0.3 is 0 Å². The minimum atomic E-state index is 0.843. The molecule has 1 fully saturated rings. The Morgan fingerprint density at radius 2 is 2.67 bits per heavy atom. The van der Waals surface area contributed by atoms with E-state index in [9.17, 15) is 0 Å². The summed E-state index contributed by atoms with van der Waals surface area (Å²) in [6.45, 7) is 2.87. The molecule has 1 aliphatic rings. The monoisotopic (exact) mass is 145 g/mol. The zero-order valence-electron chi connectivity index (χ0n) is 5.59. The largest absolute Gasteiger partial charge is 0.411 e. The highest BCUT2D eigenvalue weighted by atomic mass is 32.2. The summed E-state index contributed by atoms with van der Waals surface area (Å²) in [5.41, 5.74) is 0. The van der Waals surface area contributed by atoms with E-state index in [0.717, 1.165) is 24.6 Å². The van der Waals surface area contributed by atoms with Crippen molar-refractivity contribution in [3.05, 3.63) is 0 Å². The molecule has 0 aromatic heterocycles. The third-order valence-electron chi connectivity index (χ3n) is 1.11. The van der Waals surface area contributed by atoms with Crippen LogP contribution in [0.5, 0.6) is 0 Å². The van der Waals surface area contributed by atoms with Gasteiger partial charge in [-0.25, -0.2) is 0 Å². The fourth-order valence-corrected chi connectivity index (χ4v) is 1.33. The van der Waals surface area contributed by atoms with E-state index in [2.05, 4.69) is 4.99 Å². The molecular formula is C6H11NOS. The van der Waals surface area contributed by atoms with Gasteiger partial charge in [0.05, 0.1) is 12.0 Å².